The number of hydrogen-bond acceptors (Lipinski definition) is 5. The van der Waals surface area contributed by atoms with Crippen LogP contribution >= 0.6 is 0 Å². The van der Waals surface area contributed by atoms with Gasteiger partial charge >= 0.3 is 0 Å². The van der Waals surface area contributed by atoms with E-state index < -0.39 is 5.91 Å². The molecule has 7 nitrogen and oxygen atoms in total. The van der Waals surface area contributed by atoms with E-state index in [1.807, 2.05) is 0 Å². The van der Waals surface area contributed by atoms with E-state index in [1.165, 1.54) is 24.3 Å². The van der Waals surface area contributed by atoms with Crippen molar-refractivity contribution < 1.29 is 18.7 Å². The number of aromatic nitrogens is 2. The average Bonchev–Trinajstić information content (AvgIpc) is 2.68. The highest BCUT2D eigenvalue weighted by molar-refractivity contribution is 5.82. The Morgan fingerprint density at radius 1 is 1.11 bits per heavy atom. The van der Waals surface area contributed by atoms with Crippen molar-refractivity contribution in [2.24, 2.45) is 5.73 Å². The molecule has 1 fully saturated rings. The molecule has 2 amide bonds. The molecule has 8 heteroatoms. The Morgan fingerprint density at radius 2 is 1.78 bits per heavy atom. The quantitative estimate of drug-likeness (QED) is 0.839. The molecule has 1 aliphatic heterocycles. The van der Waals surface area contributed by atoms with E-state index in [2.05, 4.69) is 9.97 Å². The summed E-state index contributed by atoms with van der Waals surface area (Å²) in [5.41, 5.74) is 5.82. The highest BCUT2D eigenvalue weighted by Gasteiger charge is 2.27. The number of ether oxygens (including phenoxy) is 1. The molecule has 1 aliphatic rings. The van der Waals surface area contributed by atoms with Gasteiger partial charge in [-0.25, -0.2) is 9.37 Å². The van der Waals surface area contributed by atoms with E-state index in [9.17, 15) is 14.0 Å². The van der Waals surface area contributed by atoms with Crippen LogP contribution in [0.25, 0.3) is 0 Å². The Hall–Kier alpha value is -3.03. The molecule has 0 radical (unpaired) electrons. The third-order valence-electron chi connectivity index (χ3n) is 4.54. The summed E-state index contributed by atoms with van der Waals surface area (Å²) in [5.74, 6) is 0.110. The fourth-order valence-corrected chi connectivity index (χ4v) is 3.10. The number of nitrogens with two attached hydrogens (primary N) is 1. The van der Waals surface area contributed by atoms with E-state index in [0.717, 1.165) is 18.5 Å². The molecular formula is C19H21FN4O3. The van der Waals surface area contributed by atoms with Gasteiger partial charge in [0.15, 0.2) is 0 Å². The van der Waals surface area contributed by atoms with E-state index in [0.29, 0.717) is 24.7 Å². The molecule has 0 unspecified atom stereocenters. The minimum absolute atomic E-state index is 0.0609. The van der Waals surface area contributed by atoms with Gasteiger partial charge in [-0.2, -0.15) is 0 Å². The van der Waals surface area contributed by atoms with Crippen molar-refractivity contribution in [3.05, 3.63) is 48.2 Å². The van der Waals surface area contributed by atoms with Crippen LogP contribution in [-0.4, -0.2) is 39.8 Å². The largest absolute Gasteiger partial charge is 0.437 e. The van der Waals surface area contributed by atoms with Crippen LogP contribution in [0.5, 0.6) is 11.6 Å². The third-order valence-corrected chi connectivity index (χ3v) is 4.54. The summed E-state index contributed by atoms with van der Waals surface area (Å²) in [7, 11) is 0. The average molecular weight is 372 g/mol. The van der Waals surface area contributed by atoms with Gasteiger partial charge in [0, 0.05) is 44.2 Å². The van der Waals surface area contributed by atoms with Gasteiger partial charge in [-0.15, -0.1) is 0 Å². The van der Waals surface area contributed by atoms with Crippen molar-refractivity contribution in [3.63, 3.8) is 0 Å². The lowest BCUT2D eigenvalue weighted by Gasteiger charge is -2.32. The monoisotopic (exact) mass is 372 g/mol. The summed E-state index contributed by atoms with van der Waals surface area (Å²) in [5, 5.41) is 0. The Morgan fingerprint density at radius 3 is 2.44 bits per heavy atom. The van der Waals surface area contributed by atoms with E-state index in [1.54, 1.807) is 17.3 Å². The van der Waals surface area contributed by atoms with Crippen LogP contribution in [0, 0.1) is 5.82 Å². The SMILES string of the molecule is NC(=O)CCC(=O)N1CCC(c2nccnc2Oc2ccc(F)cc2)CC1. The maximum absolute atomic E-state index is 13.1. The highest BCUT2D eigenvalue weighted by atomic mass is 19.1. The number of piperidine rings is 1. The third kappa shape index (κ3) is 4.99. The molecule has 2 aromatic rings. The minimum atomic E-state index is -0.472. The van der Waals surface area contributed by atoms with Crippen LogP contribution in [0.3, 0.4) is 0 Å². The smallest absolute Gasteiger partial charge is 0.241 e. The first-order valence-electron chi connectivity index (χ1n) is 8.83. The van der Waals surface area contributed by atoms with Crippen LogP contribution in [-0.2, 0) is 9.59 Å². The topological polar surface area (TPSA) is 98.4 Å². The molecule has 0 saturated carbocycles. The van der Waals surface area contributed by atoms with Crippen LogP contribution < -0.4 is 10.5 Å². The summed E-state index contributed by atoms with van der Waals surface area (Å²) >= 11 is 0. The fraction of sp³-hybridized carbons (Fsp3) is 0.368. The lowest BCUT2D eigenvalue weighted by molar-refractivity contribution is -0.134. The van der Waals surface area contributed by atoms with Crippen molar-refractivity contribution in [3.8, 4) is 11.6 Å². The Bertz CT molecular complexity index is 805. The number of amides is 2. The second kappa shape index (κ2) is 8.57. The Labute approximate surface area is 156 Å². The Balaban J connectivity index is 1.63. The van der Waals surface area contributed by atoms with Crippen molar-refractivity contribution in [2.75, 3.05) is 13.1 Å². The van der Waals surface area contributed by atoms with Crippen molar-refractivity contribution in [1.29, 1.82) is 0 Å². The van der Waals surface area contributed by atoms with Crippen molar-refractivity contribution >= 4 is 11.8 Å². The molecule has 0 spiro atoms. The molecular weight excluding hydrogens is 351 g/mol. The summed E-state index contributed by atoms with van der Waals surface area (Å²) in [6.07, 6.45) is 4.81. The molecule has 2 N–H and O–H groups in total. The number of likely N-dealkylation sites (tertiary alicyclic amines) is 1. The zero-order valence-electron chi connectivity index (χ0n) is 14.8. The van der Waals surface area contributed by atoms with Crippen molar-refractivity contribution in [2.45, 2.75) is 31.6 Å². The summed E-state index contributed by atoms with van der Waals surface area (Å²) in [6, 6.07) is 5.71. The zero-order chi connectivity index (χ0) is 19.2. The van der Waals surface area contributed by atoms with Gasteiger partial charge in [-0.3, -0.25) is 14.6 Å². The number of hydrogen-bond donors (Lipinski definition) is 1. The van der Waals surface area contributed by atoms with Crippen LogP contribution in [0.15, 0.2) is 36.7 Å². The molecule has 3 rings (SSSR count). The van der Waals surface area contributed by atoms with E-state index in [4.69, 9.17) is 10.5 Å². The number of nitrogens with zero attached hydrogens (tertiary/aromatic N) is 3. The number of benzene rings is 1. The second-order valence-electron chi connectivity index (χ2n) is 6.42. The first-order valence-corrected chi connectivity index (χ1v) is 8.83. The van der Waals surface area contributed by atoms with Gasteiger partial charge in [0.05, 0.1) is 0 Å². The number of carbonyl (C=O) groups excluding carboxylic acids is 2. The molecule has 1 saturated heterocycles. The molecule has 0 aliphatic carbocycles. The molecule has 142 valence electrons. The van der Waals surface area contributed by atoms with Crippen LogP contribution in [0.1, 0.15) is 37.3 Å². The maximum Gasteiger partial charge on any atom is 0.241 e. The van der Waals surface area contributed by atoms with Gasteiger partial charge in [0.2, 0.25) is 17.7 Å². The minimum Gasteiger partial charge on any atom is -0.437 e. The zero-order valence-corrected chi connectivity index (χ0v) is 14.8. The van der Waals surface area contributed by atoms with Gasteiger partial charge < -0.3 is 15.4 Å². The lowest BCUT2D eigenvalue weighted by atomic mass is 9.93. The maximum atomic E-state index is 13.1. The van der Waals surface area contributed by atoms with Gasteiger partial charge in [0.25, 0.3) is 0 Å². The lowest BCUT2D eigenvalue weighted by Crippen LogP contribution is -2.38. The molecule has 2 heterocycles. The first kappa shape index (κ1) is 18.8. The number of carbonyl (C=O) groups is 2. The van der Waals surface area contributed by atoms with E-state index >= 15 is 0 Å². The molecule has 27 heavy (non-hydrogen) atoms. The predicted molar refractivity (Wildman–Crippen MR) is 95.5 cm³/mol. The van der Waals surface area contributed by atoms with Gasteiger partial charge in [0.1, 0.15) is 17.3 Å². The normalized spacial score (nSPS) is 14.8. The molecule has 1 aromatic heterocycles. The van der Waals surface area contributed by atoms with Gasteiger partial charge in [-0.1, -0.05) is 0 Å². The number of primary amides is 1. The van der Waals surface area contributed by atoms with Crippen LogP contribution in [0.4, 0.5) is 4.39 Å². The second-order valence-corrected chi connectivity index (χ2v) is 6.42. The van der Waals surface area contributed by atoms with Crippen LogP contribution in [0.2, 0.25) is 0 Å². The van der Waals surface area contributed by atoms with Crippen molar-refractivity contribution in [1.82, 2.24) is 14.9 Å². The summed E-state index contributed by atoms with van der Waals surface area (Å²) < 4.78 is 18.8. The number of rotatable bonds is 6. The summed E-state index contributed by atoms with van der Waals surface area (Å²) in [4.78, 5) is 33.4. The molecule has 1 aromatic carbocycles. The summed E-state index contributed by atoms with van der Waals surface area (Å²) in [6.45, 7) is 1.16. The molecule has 0 atom stereocenters. The van der Waals surface area contributed by atoms with E-state index in [-0.39, 0.29) is 30.5 Å². The predicted octanol–water partition coefficient (Wildman–Crippen LogP) is 2.38. The van der Waals surface area contributed by atoms with Gasteiger partial charge in [-0.05, 0) is 37.1 Å². The highest BCUT2D eigenvalue weighted by Crippen LogP contribution is 2.33. The standard InChI is InChI=1S/C19H21FN4O3/c20-14-1-3-15(4-2-14)27-19-18(22-9-10-23-19)13-7-11-24(12-8-13)17(26)6-5-16(21)25/h1-4,9-10,13H,5-8,11-12H2,(H2,21,25). The molecule has 0 bridgehead atoms. The Kier molecular flexibility index (Phi) is 5.95. The number of halogens is 1. The fourth-order valence-electron chi connectivity index (χ4n) is 3.10. The first-order chi connectivity index (χ1) is 13.0.